The Labute approximate surface area is 157 Å². The van der Waals surface area contributed by atoms with E-state index in [0.717, 1.165) is 43.0 Å². The quantitative estimate of drug-likeness (QED) is 0.771. The Bertz CT molecular complexity index is 760. The van der Waals surface area contributed by atoms with Gasteiger partial charge in [0.25, 0.3) is 5.91 Å². The minimum Gasteiger partial charge on any atom is -0.465 e. The van der Waals surface area contributed by atoms with Gasteiger partial charge in [-0.15, -0.1) is 0 Å². The highest BCUT2D eigenvalue weighted by Gasteiger charge is 2.27. The van der Waals surface area contributed by atoms with Gasteiger partial charge >= 0.3 is 0 Å². The molecule has 1 aromatic heterocycles. The van der Waals surface area contributed by atoms with Gasteiger partial charge in [0.05, 0.1) is 10.0 Å². The smallest absolute Gasteiger partial charge is 0.258 e. The third-order valence-corrected chi connectivity index (χ3v) is 5.49. The Morgan fingerprint density at radius 3 is 2.40 bits per heavy atom. The molecule has 25 heavy (non-hydrogen) atoms. The second kappa shape index (κ2) is 8.02. The number of aryl methyl sites for hydroxylation is 2. The zero-order valence-electron chi connectivity index (χ0n) is 14.7. The van der Waals surface area contributed by atoms with E-state index in [4.69, 9.17) is 4.42 Å². The maximum atomic E-state index is 12.8. The third-order valence-electron chi connectivity index (χ3n) is 4.53. The molecule has 0 unspecified atom stereocenters. The molecule has 1 fully saturated rings. The van der Waals surface area contributed by atoms with Crippen molar-refractivity contribution in [1.82, 2.24) is 9.80 Å². The Morgan fingerprint density at radius 2 is 1.80 bits per heavy atom. The molecule has 1 aliphatic rings. The van der Waals surface area contributed by atoms with Gasteiger partial charge in [-0.3, -0.25) is 9.69 Å². The van der Waals surface area contributed by atoms with Crippen LogP contribution in [0.2, 0.25) is 0 Å². The van der Waals surface area contributed by atoms with Crippen molar-refractivity contribution in [3.63, 3.8) is 0 Å². The lowest BCUT2D eigenvalue weighted by molar-refractivity contribution is 0.0648. The molecule has 132 valence electrons. The SMILES string of the molecule is Cc1oc(C)c(C(=O)N2CCN(C/C=C/c3ccccc3)CC2)c1Br. The van der Waals surface area contributed by atoms with E-state index >= 15 is 0 Å². The fourth-order valence-corrected chi connectivity index (χ4v) is 3.62. The van der Waals surface area contributed by atoms with Gasteiger partial charge in [0, 0.05) is 32.7 Å². The van der Waals surface area contributed by atoms with Crippen molar-refractivity contribution in [1.29, 1.82) is 0 Å². The first-order valence-corrected chi connectivity index (χ1v) is 9.34. The van der Waals surface area contributed by atoms with Crippen LogP contribution in [0.4, 0.5) is 0 Å². The summed E-state index contributed by atoms with van der Waals surface area (Å²) in [4.78, 5) is 17.0. The van der Waals surface area contributed by atoms with Crippen LogP contribution < -0.4 is 0 Å². The van der Waals surface area contributed by atoms with Crippen molar-refractivity contribution in [3.8, 4) is 0 Å². The lowest BCUT2D eigenvalue weighted by atomic mass is 10.2. The van der Waals surface area contributed by atoms with Gasteiger partial charge < -0.3 is 9.32 Å². The van der Waals surface area contributed by atoms with E-state index in [1.54, 1.807) is 0 Å². The van der Waals surface area contributed by atoms with Crippen molar-refractivity contribution in [3.05, 3.63) is 63.5 Å². The normalized spacial score (nSPS) is 15.9. The first-order chi connectivity index (χ1) is 12.1. The van der Waals surface area contributed by atoms with E-state index in [0.29, 0.717) is 11.3 Å². The summed E-state index contributed by atoms with van der Waals surface area (Å²) in [7, 11) is 0. The van der Waals surface area contributed by atoms with Gasteiger partial charge in [0.2, 0.25) is 0 Å². The maximum absolute atomic E-state index is 12.8. The lowest BCUT2D eigenvalue weighted by Crippen LogP contribution is -2.48. The highest BCUT2D eigenvalue weighted by molar-refractivity contribution is 9.10. The molecule has 0 bridgehead atoms. The van der Waals surface area contributed by atoms with Gasteiger partial charge in [-0.1, -0.05) is 42.5 Å². The molecule has 0 spiro atoms. The lowest BCUT2D eigenvalue weighted by Gasteiger charge is -2.34. The number of nitrogens with zero attached hydrogens (tertiary/aromatic N) is 2. The second-order valence-electron chi connectivity index (χ2n) is 6.31. The molecule has 1 aliphatic heterocycles. The molecular weight excluding hydrogens is 380 g/mol. The predicted octanol–water partition coefficient (Wildman–Crippen LogP) is 4.13. The predicted molar refractivity (Wildman–Crippen MR) is 104 cm³/mol. The number of amides is 1. The van der Waals surface area contributed by atoms with Crippen LogP contribution in [0, 0.1) is 13.8 Å². The van der Waals surface area contributed by atoms with Crippen molar-refractivity contribution in [2.24, 2.45) is 0 Å². The number of piperazine rings is 1. The highest BCUT2D eigenvalue weighted by Crippen LogP contribution is 2.28. The van der Waals surface area contributed by atoms with E-state index in [1.807, 2.05) is 36.9 Å². The number of carbonyl (C=O) groups is 1. The minimum absolute atomic E-state index is 0.0562. The van der Waals surface area contributed by atoms with E-state index in [-0.39, 0.29) is 5.91 Å². The van der Waals surface area contributed by atoms with E-state index in [9.17, 15) is 4.79 Å². The Balaban J connectivity index is 1.53. The van der Waals surface area contributed by atoms with Crippen LogP contribution in [0.5, 0.6) is 0 Å². The van der Waals surface area contributed by atoms with Gasteiger partial charge in [-0.25, -0.2) is 0 Å². The molecule has 0 aliphatic carbocycles. The third kappa shape index (κ3) is 4.22. The number of carbonyl (C=O) groups excluding carboxylic acids is 1. The molecule has 2 heterocycles. The standard InChI is InChI=1S/C20H23BrN2O2/c1-15-18(19(21)16(2)25-15)20(24)23-13-11-22(12-14-23)10-6-9-17-7-4-3-5-8-17/h3-9H,10-14H2,1-2H3/b9-6+. The van der Waals surface area contributed by atoms with Crippen LogP contribution in [0.3, 0.4) is 0 Å². The molecule has 2 aromatic rings. The number of benzene rings is 1. The van der Waals surface area contributed by atoms with Gasteiger partial charge in [-0.05, 0) is 35.3 Å². The van der Waals surface area contributed by atoms with Crippen LogP contribution in [-0.2, 0) is 0 Å². The Kier molecular flexibility index (Phi) is 5.76. The first-order valence-electron chi connectivity index (χ1n) is 8.55. The van der Waals surface area contributed by atoms with Crippen LogP contribution in [0.15, 0.2) is 45.3 Å². The topological polar surface area (TPSA) is 36.7 Å². The van der Waals surface area contributed by atoms with E-state index < -0.39 is 0 Å². The van der Waals surface area contributed by atoms with Crippen LogP contribution in [0.1, 0.15) is 27.4 Å². The van der Waals surface area contributed by atoms with E-state index in [1.165, 1.54) is 5.56 Å². The highest BCUT2D eigenvalue weighted by atomic mass is 79.9. The zero-order valence-corrected chi connectivity index (χ0v) is 16.3. The summed E-state index contributed by atoms with van der Waals surface area (Å²) in [6, 6.07) is 10.3. The fraction of sp³-hybridized carbons (Fsp3) is 0.350. The monoisotopic (exact) mass is 402 g/mol. The summed E-state index contributed by atoms with van der Waals surface area (Å²) in [5.41, 5.74) is 1.88. The van der Waals surface area contributed by atoms with Gasteiger partial charge in [0.1, 0.15) is 11.5 Å². The number of furan rings is 1. The maximum Gasteiger partial charge on any atom is 0.258 e. The number of halogens is 1. The number of hydrogen-bond donors (Lipinski definition) is 0. The molecule has 0 N–H and O–H groups in total. The molecule has 0 atom stereocenters. The summed E-state index contributed by atoms with van der Waals surface area (Å²) in [5.74, 6) is 1.49. The molecule has 3 rings (SSSR count). The molecule has 4 nitrogen and oxygen atoms in total. The first kappa shape index (κ1) is 18.0. The fourth-order valence-electron chi connectivity index (χ4n) is 3.09. The number of hydrogen-bond acceptors (Lipinski definition) is 3. The molecular formula is C20H23BrN2O2. The molecule has 1 saturated heterocycles. The van der Waals surface area contributed by atoms with Crippen molar-refractivity contribution in [2.45, 2.75) is 13.8 Å². The average molecular weight is 403 g/mol. The summed E-state index contributed by atoms with van der Waals surface area (Å²) < 4.78 is 6.34. The zero-order chi connectivity index (χ0) is 17.8. The van der Waals surface area contributed by atoms with Crippen molar-refractivity contribution >= 4 is 27.9 Å². The van der Waals surface area contributed by atoms with E-state index in [2.05, 4.69) is 45.1 Å². The van der Waals surface area contributed by atoms with Crippen LogP contribution in [-0.4, -0.2) is 48.4 Å². The summed E-state index contributed by atoms with van der Waals surface area (Å²) >= 11 is 3.48. The number of rotatable bonds is 4. The largest absolute Gasteiger partial charge is 0.465 e. The van der Waals surface area contributed by atoms with Crippen LogP contribution >= 0.6 is 15.9 Å². The molecule has 5 heteroatoms. The van der Waals surface area contributed by atoms with Crippen molar-refractivity contribution in [2.75, 3.05) is 32.7 Å². The van der Waals surface area contributed by atoms with Gasteiger partial charge in [0.15, 0.2) is 0 Å². The summed E-state index contributed by atoms with van der Waals surface area (Å²) in [6.07, 6.45) is 4.33. The Morgan fingerprint density at radius 1 is 1.12 bits per heavy atom. The molecule has 1 amide bonds. The second-order valence-corrected chi connectivity index (χ2v) is 7.10. The summed E-state index contributed by atoms with van der Waals surface area (Å²) in [6.45, 7) is 7.88. The molecule has 0 radical (unpaired) electrons. The van der Waals surface area contributed by atoms with Crippen LogP contribution in [0.25, 0.3) is 6.08 Å². The minimum atomic E-state index is 0.0562. The summed E-state index contributed by atoms with van der Waals surface area (Å²) in [5, 5.41) is 0. The van der Waals surface area contributed by atoms with Gasteiger partial charge in [-0.2, -0.15) is 0 Å². The molecule has 1 aromatic carbocycles. The average Bonchev–Trinajstić information content (AvgIpc) is 2.88. The Hall–Kier alpha value is -1.85. The van der Waals surface area contributed by atoms with Crippen molar-refractivity contribution < 1.29 is 9.21 Å². The molecule has 0 saturated carbocycles.